The van der Waals surface area contributed by atoms with Gasteiger partial charge in [0, 0.05) is 19.4 Å². The molecule has 0 spiro atoms. The highest BCUT2D eigenvalue weighted by Gasteiger charge is 2.15. The summed E-state index contributed by atoms with van der Waals surface area (Å²) in [4.78, 5) is 0. The molecule has 0 aliphatic rings. The fraction of sp³-hybridized carbons (Fsp3) is 1.00. The zero-order valence-corrected chi connectivity index (χ0v) is 9.72. The van der Waals surface area contributed by atoms with Crippen molar-refractivity contribution in [3.05, 3.63) is 0 Å². The molecule has 0 saturated heterocycles. The van der Waals surface area contributed by atoms with Crippen LogP contribution < -0.4 is 0 Å². The molecule has 4 heteroatoms. The first-order valence-electron chi connectivity index (χ1n) is 4.80. The largest absolute Gasteiger partial charge is 0.396 e. The van der Waals surface area contributed by atoms with Crippen LogP contribution in [0.2, 0.25) is 0 Å². The van der Waals surface area contributed by atoms with Crippen molar-refractivity contribution < 1.29 is 14.2 Å². The van der Waals surface area contributed by atoms with E-state index in [2.05, 4.69) is 0 Å². The molecule has 0 bridgehead atoms. The number of aliphatic hydroxyl groups excluding tert-OH is 1. The first-order chi connectivity index (χ1) is 5.98. The van der Waals surface area contributed by atoms with Crippen molar-refractivity contribution in [1.82, 2.24) is 0 Å². The van der Waals surface area contributed by atoms with Crippen LogP contribution >= 0.6 is 7.37 Å². The van der Waals surface area contributed by atoms with Gasteiger partial charge in [-0.1, -0.05) is 13.8 Å². The third-order valence-corrected chi connectivity index (χ3v) is 3.48. The van der Waals surface area contributed by atoms with Crippen molar-refractivity contribution in [2.45, 2.75) is 26.7 Å². The molecule has 0 aromatic carbocycles. The summed E-state index contributed by atoms with van der Waals surface area (Å²) in [6.45, 7) is 6.48. The quantitative estimate of drug-likeness (QED) is 0.516. The van der Waals surface area contributed by atoms with E-state index in [0.717, 1.165) is 6.42 Å². The fourth-order valence-electron chi connectivity index (χ4n) is 0.882. The standard InChI is InChI=1S/C9H21O3P/c1-9(2)8-12-13(3,11)7-5-4-6-10/h9-10H,4-8H2,1-3H3. The lowest BCUT2D eigenvalue weighted by Crippen LogP contribution is -2.02. The van der Waals surface area contributed by atoms with Crippen LogP contribution in [0.4, 0.5) is 0 Å². The SMILES string of the molecule is CC(C)COP(C)(=O)CCCCO. The Hall–Kier alpha value is 0.150. The Morgan fingerprint density at radius 3 is 2.46 bits per heavy atom. The van der Waals surface area contributed by atoms with E-state index in [4.69, 9.17) is 9.63 Å². The zero-order chi connectivity index (χ0) is 10.3. The van der Waals surface area contributed by atoms with Crippen LogP contribution in [-0.2, 0) is 9.09 Å². The molecule has 1 unspecified atom stereocenters. The highest BCUT2D eigenvalue weighted by Crippen LogP contribution is 2.43. The summed E-state index contributed by atoms with van der Waals surface area (Å²) in [5.41, 5.74) is 0. The summed E-state index contributed by atoms with van der Waals surface area (Å²) in [5, 5.41) is 8.55. The summed E-state index contributed by atoms with van der Waals surface area (Å²) in [5.74, 6) is 0.422. The lowest BCUT2D eigenvalue weighted by atomic mass is 10.2. The van der Waals surface area contributed by atoms with Gasteiger partial charge in [0.05, 0.1) is 6.61 Å². The van der Waals surface area contributed by atoms with Crippen LogP contribution in [0.15, 0.2) is 0 Å². The number of rotatable bonds is 7. The average molecular weight is 208 g/mol. The molecule has 1 N–H and O–H groups in total. The van der Waals surface area contributed by atoms with Crippen LogP contribution in [0.3, 0.4) is 0 Å². The van der Waals surface area contributed by atoms with Gasteiger partial charge in [0.25, 0.3) is 0 Å². The van der Waals surface area contributed by atoms with E-state index in [9.17, 15) is 4.57 Å². The van der Waals surface area contributed by atoms with Crippen LogP contribution in [0.1, 0.15) is 26.7 Å². The predicted molar refractivity (Wildman–Crippen MR) is 55.5 cm³/mol. The molecule has 80 valence electrons. The number of hydrogen-bond donors (Lipinski definition) is 1. The van der Waals surface area contributed by atoms with Gasteiger partial charge < -0.3 is 9.63 Å². The molecule has 0 radical (unpaired) electrons. The summed E-state index contributed by atoms with van der Waals surface area (Å²) in [7, 11) is -2.39. The van der Waals surface area contributed by atoms with Gasteiger partial charge in [0.1, 0.15) is 0 Å². The number of unbranched alkanes of at least 4 members (excludes halogenated alkanes) is 1. The lowest BCUT2D eigenvalue weighted by Gasteiger charge is -2.14. The maximum atomic E-state index is 11.7. The molecular weight excluding hydrogens is 187 g/mol. The number of hydrogen-bond acceptors (Lipinski definition) is 3. The van der Waals surface area contributed by atoms with Crippen molar-refractivity contribution in [2.24, 2.45) is 5.92 Å². The Morgan fingerprint density at radius 2 is 2.00 bits per heavy atom. The van der Waals surface area contributed by atoms with Crippen molar-refractivity contribution >= 4 is 7.37 Å². The minimum absolute atomic E-state index is 0.171. The van der Waals surface area contributed by atoms with E-state index in [-0.39, 0.29) is 6.61 Å². The van der Waals surface area contributed by atoms with Crippen molar-refractivity contribution in [1.29, 1.82) is 0 Å². The Balaban J connectivity index is 3.61. The highest BCUT2D eigenvalue weighted by molar-refractivity contribution is 7.58. The van der Waals surface area contributed by atoms with Crippen LogP contribution in [0.25, 0.3) is 0 Å². The van der Waals surface area contributed by atoms with E-state index in [1.165, 1.54) is 0 Å². The molecule has 0 rings (SSSR count). The monoisotopic (exact) mass is 208 g/mol. The van der Waals surface area contributed by atoms with Gasteiger partial charge in [0.2, 0.25) is 0 Å². The first-order valence-corrected chi connectivity index (χ1v) is 7.05. The highest BCUT2D eigenvalue weighted by atomic mass is 31.2. The van der Waals surface area contributed by atoms with Gasteiger partial charge in [-0.15, -0.1) is 0 Å². The molecule has 0 heterocycles. The van der Waals surface area contributed by atoms with Gasteiger partial charge in [0.15, 0.2) is 7.37 Å². The molecule has 0 fully saturated rings. The number of aliphatic hydroxyl groups is 1. The van der Waals surface area contributed by atoms with Gasteiger partial charge in [-0.25, -0.2) is 0 Å². The molecule has 13 heavy (non-hydrogen) atoms. The molecule has 3 nitrogen and oxygen atoms in total. The summed E-state index contributed by atoms with van der Waals surface area (Å²) >= 11 is 0. The molecule has 0 aliphatic carbocycles. The minimum Gasteiger partial charge on any atom is -0.396 e. The Labute approximate surface area is 80.9 Å². The van der Waals surface area contributed by atoms with Gasteiger partial charge in [-0.3, -0.25) is 4.57 Å². The molecule has 0 amide bonds. The smallest absolute Gasteiger partial charge is 0.200 e. The van der Waals surface area contributed by atoms with Gasteiger partial charge >= 0.3 is 0 Å². The minimum atomic E-state index is -2.39. The Kier molecular flexibility index (Phi) is 6.66. The second-order valence-electron chi connectivity index (χ2n) is 3.86. The Bertz CT molecular complexity index is 168. The van der Waals surface area contributed by atoms with Crippen molar-refractivity contribution in [3.8, 4) is 0 Å². The normalized spacial score (nSPS) is 16.1. The third-order valence-electron chi connectivity index (χ3n) is 1.65. The topological polar surface area (TPSA) is 46.5 Å². The fourth-order valence-corrected chi connectivity index (χ4v) is 2.42. The van der Waals surface area contributed by atoms with Crippen LogP contribution in [0, 0.1) is 5.92 Å². The van der Waals surface area contributed by atoms with E-state index >= 15 is 0 Å². The molecule has 0 aromatic rings. The van der Waals surface area contributed by atoms with Crippen molar-refractivity contribution in [3.63, 3.8) is 0 Å². The summed E-state index contributed by atoms with van der Waals surface area (Å²) < 4.78 is 17.0. The first kappa shape index (κ1) is 13.2. The molecular formula is C9H21O3P. The van der Waals surface area contributed by atoms with E-state index in [0.29, 0.717) is 25.1 Å². The maximum Gasteiger partial charge on any atom is 0.200 e. The van der Waals surface area contributed by atoms with E-state index in [1.54, 1.807) is 6.66 Å². The zero-order valence-electron chi connectivity index (χ0n) is 8.82. The summed E-state index contributed by atoms with van der Waals surface area (Å²) in [6, 6.07) is 0. The summed E-state index contributed by atoms with van der Waals surface area (Å²) in [6.07, 6.45) is 2.07. The molecule has 1 atom stereocenters. The maximum absolute atomic E-state index is 11.7. The molecule has 0 saturated carbocycles. The van der Waals surface area contributed by atoms with E-state index < -0.39 is 7.37 Å². The predicted octanol–water partition coefficient (Wildman–Crippen LogP) is 2.34. The molecule has 0 aliphatic heterocycles. The lowest BCUT2D eigenvalue weighted by molar-refractivity contribution is 0.268. The average Bonchev–Trinajstić information content (AvgIpc) is 2.02. The van der Waals surface area contributed by atoms with Crippen LogP contribution in [0.5, 0.6) is 0 Å². The second-order valence-corrected chi connectivity index (χ2v) is 6.59. The van der Waals surface area contributed by atoms with Crippen LogP contribution in [-0.4, -0.2) is 31.1 Å². The second kappa shape index (κ2) is 6.58. The molecule has 0 aromatic heterocycles. The third kappa shape index (κ3) is 8.48. The van der Waals surface area contributed by atoms with E-state index in [1.807, 2.05) is 13.8 Å². The van der Waals surface area contributed by atoms with Crippen molar-refractivity contribution in [2.75, 3.05) is 26.0 Å². The Morgan fingerprint density at radius 1 is 1.38 bits per heavy atom. The van der Waals surface area contributed by atoms with Gasteiger partial charge in [-0.2, -0.15) is 0 Å². The van der Waals surface area contributed by atoms with Gasteiger partial charge in [-0.05, 0) is 18.8 Å².